The Morgan fingerprint density at radius 2 is 1.68 bits per heavy atom. The minimum Gasteiger partial charge on any atom is -0.493 e. The second-order valence-corrected chi connectivity index (χ2v) is 8.34. The van der Waals surface area contributed by atoms with Crippen molar-refractivity contribution in [3.63, 3.8) is 0 Å². The molecule has 3 aliphatic rings. The number of fused-ring (bicyclic) bond motifs is 2. The Kier molecular flexibility index (Phi) is 4.73. The molecule has 1 saturated carbocycles. The standard InChI is InChI=1S/C25H24O6/c1-28-19-7-6-15(10-22(19)29-2)11-23-24(27)17-12-16-18(26)14-25(8-4-3-5-9-25)31-21(16)13-20(17)30-23/h6-7,10-13H,3-5,8-9,14H2,1-2H3/b23-11-. The molecule has 2 heterocycles. The van der Waals surface area contributed by atoms with Crippen LogP contribution in [0.1, 0.15) is 64.8 Å². The van der Waals surface area contributed by atoms with Crippen LogP contribution in [-0.4, -0.2) is 31.4 Å². The van der Waals surface area contributed by atoms with Gasteiger partial charge in [0.2, 0.25) is 5.78 Å². The third kappa shape index (κ3) is 3.36. The number of carbonyl (C=O) groups excluding carboxylic acids is 2. The molecule has 0 amide bonds. The van der Waals surface area contributed by atoms with Crippen LogP contribution < -0.4 is 18.9 Å². The van der Waals surface area contributed by atoms with E-state index in [0.717, 1.165) is 31.2 Å². The van der Waals surface area contributed by atoms with Gasteiger partial charge in [-0.05, 0) is 55.5 Å². The number of ether oxygens (including phenoxy) is 4. The first kappa shape index (κ1) is 19.7. The van der Waals surface area contributed by atoms with Crippen LogP contribution in [0.25, 0.3) is 6.08 Å². The van der Waals surface area contributed by atoms with Gasteiger partial charge in [-0.25, -0.2) is 0 Å². The minimum atomic E-state index is -0.405. The lowest BCUT2D eigenvalue weighted by Crippen LogP contribution is -2.43. The van der Waals surface area contributed by atoms with E-state index in [1.165, 1.54) is 6.42 Å². The van der Waals surface area contributed by atoms with Gasteiger partial charge >= 0.3 is 0 Å². The van der Waals surface area contributed by atoms with Crippen molar-refractivity contribution in [3.8, 4) is 23.0 Å². The molecule has 31 heavy (non-hydrogen) atoms. The molecule has 1 fully saturated rings. The summed E-state index contributed by atoms with van der Waals surface area (Å²) in [5.74, 6) is 2.10. The highest BCUT2D eigenvalue weighted by Gasteiger charge is 2.43. The van der Waals surface area contributed by atoms with Gasteiger partial charge in [-0.15, -0.1) is 0 Å². The Morgan fingerprint density at radius 3 is 2.42 bits per heavy atom. The summed E-state index contributed by atoms with van der Waals surface area (Å²) >= 11 is 0. The fourth-order valence-corrected chi connectivity index (χ4v) is 4.74. The largest absolute Gasteiger partial charge is 0.493 e. The highest BCUT2D eigenvalue weighted by molar-refractivity contribution is 6.16. The van der Waals surface area contributed by atoms with Crippen LogP contribution in [-0.2, 0) is 0 Å². The molecule has 0 N–H and O–H groups in total. The van der Waals surface area contributed by atoms with Crippen LogP contribution in [0.4, 0.5) is 0 Å². The van der Waals surface area contributed by atoms with Crippen LogP contribution in [0, 0.1) is 0 Å². The maximum Gasteiger partial charge on any atom is 0.231 e. The molecule has 0 unspecified atom stereocenters. The van der Waals surface area contributed by atoms with Crippen molar-refractivity contribution in [1.82, 2.24) is 0 Å². The molecule has 0 aromatic heterocycles. The highest BCUT2D eigenvalue weighted by atomic mass is 16.5. The van der Waals surface area contributed by atoms with Crippen LogP contribution in [0.15, 0.2) is 36.1 Å². The Hall–Kier alpha value is -3.28. The number of methoxy groups -OCH3 is 2. The summed E-state index contributed by atoms with van der Waals surface area (Å²) in [7, 11) is 3.13. The number of ketones is 2. The molecule has 2 aliphatic heterocycles. The molecule has 1 aliphatic carbocycles. The molecule has 6 nitrogen and oxygen atoms in total. The van der Waals surface area contributed by atoms with Crippen LogP contribution in [0.5, 0.6) is 23.0 Å². The number of benzene rings is 2. The number of rotatable bonds is 3. The van der Waals surface area contributed by atoms with Crippen molar-refractivity contribution < 1.29 is 28.5 Å². The zero-order chi connectivity index (χ0) is 21.6. The lowest BCUT2D eigenvalue weighted by molar-refractivity contribution is 0.0135. The molecule has 0 radical (unpaired) electrons. The lowest BCUT2D eigenvalue weighted by atomic mass is 9.78. The van der Waals surface area contributed by atoms with E-state index in [1.807, 2.05) is 6.07 Å². The zero-order valence-electron chi connectivity index (χ0n) is 17.7. The Balaban J connectivity index is 1.47. The van der Waals surface area contributed by atoms with Crippen molar-refractivity contribution in [2.24, 2.45) is 0 Å². The fraction of sp³-hybridized carbons (Fsp3) is 0.360. The van der Waals surface area contributed by atoms with Crippen molar-refractivity contribution >= 4 is 17.6 Å². The van der Waals surface area contributed by atoms with E-state index in [4.69, 9.17) is 18.9 Å². The van der Waals surface area contributed by atoms with Crippen molar-refractivity contribution in [2.45, 2.75) is 44.1 Å². The van der Waals surface area contributed by atoms with E-state index in [2.05, 4.69) is 0 Å². The fourth-order valence-electron chi connectivity index (χ4n) is 4.74. The zero-order valence-corrected chi connectivity index (χ0v) is 17.7. The van der Waals surface area contributed by atoms with E-state index in [-0.39, 0.29) is 17.3 Å². The summed E-state index contributed by atoms with van der Waals surface area (Å²) in [6, 6.07) is 8.69. The molecule has 6 heteroatoms. The van der Waals surface area contributed by atoms with E-state index < -0.39 is 5.60 Å². The number of Topliss-reactive ketones (excluding diaryl/α,β-unsaturated/α-hetero) is 2. The molecular weight excluding hydrogens is 396 g/mol. The molecule has 1 spiro atoms. The van der Waals surface area contributed by atoms with E-state index in [1.54, 1.807) is 44.6 Å². The predicted molar refractivity (Wildman–Crippen MR) is 114 cm³/mol. The summed E-state index contributed by atoms with van der Waals surface area (Å²) in [4.78, 5) is 25.9. The third-order valence-electron chi connectivity index (χ3n) is 6.35. The van der Waals surface area contributed by atoms with Gasteiger partial charge in [0.15, 0.2) is 23.0 Å². The van der Waals surface area contributed by atoms with Gasteiger partial charge in [-0.2, -0.15) is 0 Å². The first-order valence-corrected chi connectivity index (χ1v) is 10.6. The second-order valence-electron chi connectivity index (χ2n) is 8.34. The van der Waals surface area contributed by atoms with Crippen LogP contribution >= 0.6 is 0 Å². The molecule has 0 bridgehead atoms. The maximum absolute atomic E-state index is 13.0. The number of hydrogen-bond donors (Lipinski definition) is 0. The summed E-state index contributed by atoms with van der Waals surface area (Å²) in [5.41, 5.74) is 1.20. The van der Waals surface area contributed by atoms with Gasteiger partial charge in [-0.1, -0.05) is 12.5 Å². The molecular formula is C25H24O6. The topological polar surface area (TPSA) is 71.1 Å². The molecule has 0 saturated heterocycles. The third-order valence-corrected chi connectivity index (χ3v) is 6.35. The monoisotopic (exact) mass is 420 g/mol. The number of allylic oxidation sites excluding steroid dienone is 1. The SMILES string of the molecule is COc1ccc(/C=C2\Oc3cc4c(cc3C2=O)C(=O)CC2(CCCCC2)O4)cc1OC. The second kappa shape index (κ2) is 7.45. The average Bonchev–Trinajstić information content (AvgIpc) is 3.07. The lowest BCUT2D eigenvalue weighted by Gasteiger charge is -2.40. The smallest absolute Gasteiger partial charge is 0.231 e. The summed E-state index contributed by atoms with van der Waals surface area (Å²) in [5, 5.41) is 0. The highest BCUT2D eigenvalue weighted by Crippen LogP contribution is 2.45. The van der Waals surface area contributed by atoms with E-state index in [9.17, 15) is 9.59 Å². The van der Waals surface area contributed by atoms with Crippen molar-refractivity contribution in [3.05, 3.63) is 52.8 Å². The average molecular weight is 420 g/mol. The first-order valence-electron chi connectivity index (χ1n) is 10.6. The number of carbonyl (C=O) groups is 2. The van der Waals surface area contributed by atoms with Gasteiger partial charge in [0.05, 0.1) is 31.8 Å². The van der Waals surface area contributed by atoms with Crippen LogP contribution in [0.3, 0.4) is 0 Å². The Bertz CT molecular complexity index is 1110. The van der Waals surface area contributed by atoms with Crippen molar-refractivity contribution in [1.29, 1.82) is 0 Å². The molecule has 160 valence electrons. The van der Waals surface area contributed by atoms with Crippen LogP contribution in [0.2, 0.25) is 0 Å². The molecule has 2 aromatic carbocycles. The summed E-state index contributed by atoms with van der Waals surface area (Å²) < 4.78 is 22.8. The molecule has 5 rings (SSSR count). The van der Waals surface area contributed by atoms with Gasteiger partial charge in [0.1, 0.15) is 17.1 Å². The van der Waals surface area contributed by atoms with E-state index in [0.29, 0.717) is 40.5 Å². The molecule has 2 aromatic rings. The first-order chi connectivity index (χ1) is 15.0. The summed E-state index contributed by atoms with van der Waals surface area (Å²) in [6.07, 6.45) is 7.13. The Morgan fingerprint density at radius 1 is 0.903 bits per heavy atom. The maximum atomic E-state index is 13.0. The Labute approximate surface area is 180 Å². The minimum absolute atomic E-state index is 0.0380. The normalized spacial score (nSPS) is 20.1. The quantitative estimate of drug-likeness (QED) is 0.652. The van der Waals surface area contributed by atoms with Gasteiger partial charge < -0.3 is 18.9 Å². The van der Waals surface area contributed by atoms with Crippen molar-refractivity contribution in [2.75, 3.05) is 14.2 Å². The number of hydrogen-bond acceptors (Lipinski definition) is 6. The van der Waals surface area contributed by atoms with Gasteiger partial charge in [-0.3, -0.25) is 9.59 Å². The summed E-state index contributed by atoms with van der Waals surface area (Å²) in [6.45, 7) is 0. The van der Waals surface area contributed by atoms with E-state index >= 15 is 0 Å². The molecule has 0 atom stereocenters. The van der Waals surface area contributed by atoms with Gasteiger partial charge in [0, 0.05) is 6.07 Å². The van der Waals surface area contributed by atoms with Gasteiger partial charge in [0.25, 0.3) is 0 Å². The predicted octanol–water partition coefficient (Wildman–Crippen LogP) is 4.99.